The second-order valence-corrected chi connectivity index (χ2v) is 26.5. The molecule has 3 saturated heterocycles. The van der Waals surface area contributed by atoms with Crippen LogP contribution >= 0.6 is 0 Å². The van der Waals surface area contributed by atoms with E-state index < -0.39 is 131 Å². The molecule has 6 aliphatic carbocycles. The van der Waals surface area contributed by atoms with Crippen molar-refractivity contribution >= 4 is 84.1 Å². The van der Waals surface area contributed by atoms with Crippen molar-refractivity contribution < 1.29 is 129 Å². The summed E-state index contributed by atoms with van der Waals surface area (Å²) >= 11 is 0. The van der Waals surface area contributed by atoms with E-state index in [1.807, 2.05) is 0 Å². The molecule has 6 saturated carbocycles. The summed E-state index contributed by atoms with van der Waals surface area (Å²) in [5.41, 5.74) is 0.752. The highest BCUT2D eigenvalue weighted by Crippen LogP contribution is 2.57. The van der Waals surface area contributed by atoms with Gasteiger partial charge in [-0.2, -0.15) is 25.3 Å². The van der Waals surface area contributed by atoms with Gasteiger partial charge in [0.15, 0.2) is 0 Å². The molecule has 3 heterocycles. The van der Waals surface area contributed by atoms with Gasteiger partial charge < -0.3 is 48.1 Å². The topological polar surface area (TPSA) is 398 Å². The van der Waals surface area contributed by atoms with Gasteiger partial charge in [0.05, 0.1) is 60.4 Å². The Balaban J connectivity index is 0.000000184. The highest BCUT2D eigenvalue weighted by atomic mass is 32.2. The van der Waals surface area contributed by atoms with Crippen LogP contribution in [-0.4, -0.2) is 181 Å². The molecule has 31 heteroatoms. The van der Waals surface area contributed by atoms with Gasteiger partial charge in [-0.3, -0.25) is 41.3 Å². The van der Waals surface area contributed by atoms with Crippen LogP contribution in [0.25, 0.3) is 0 Å². The monoisotopic (exact) mass is 1220 g/mol. The summed E-state index contributed by atoms with van der Waals surface area (Å²) in [7, 11) is -10.4. The summed E-state index contributed by atoms with van der Waals surface area (Å²) in [4.78, 5) is 101. The van der Waals surface area contributed by atoms with Gasteiger partial charge in [-0.25, -0.2) is 14.4 Å². The number of carbonyl (C=O) groups is 9. The van der Waals surface area contributed by atoms with Crippen LogP contribution in [0.1, 0.15) is 97.8 Å². The quantitative estimate of drug-likeness (QED) is 0.0473. The number of carbonyl (C=O) groups excluding carboxylic acids is 8. The predicted octanol–water partition coefficient (Wildman–Crippen LogP) is 0.954. The van der Waals surface area contributed by atoms with Crippen LogP contribution in [0.5, 0.6) is 0 Å². The lowest BCUT2D eigenvalue weighted by atomic mass is 9.94. The van der Waals surface area contributed by atoms with Crippen molar-refractivity contribution in [2.75, 3.05) is 39.6 Å². The van der Waals surface area contributed by atoms with Crippen LogP contribution in [0.2, 0.25) is 0 Å². The number of carboxylic acids is 1. The molecule has 0 spiro atoms. The number of ether oxygens (including phenoxy) is 8. The third kappa shape index (κ3) is 16.5. The molecule has 3 aliphatic heterocycles. The van der Waals surface area contributed by atoms with Crippen molar-refractivity contribution in [3.63, 3.8) is 0 Å². The van der Waals surface area contributed by atoms with E-state index in [1.54, 1.807) is 0 Å². The number of fused-ring (bicyclic) bond motifs is 3. The number of carboxylic acid groups (broad SMARTS) is 1. The normalized spacial score (nSPS) is 31.7. The first-order valence-corrected chi connectivity index (χ1v) is 30.8. The number of esters is 8. The van der Waals surface area contributed by atoms with Gasteiger partial charge in [0.2, 0.25) is 0 Å². The second-order valence-electron chi connectivity index (χ2n) is 21.2. The summed E-state index contributed by atoms with van der Waals surface area (Å²) < 4.78 is 124. The Bertz CT molecular complexity index is 2730. The van der Waals surface area contributed by atoms with Crippen LogP contribution < -0.4 is 0 Å². The molecule has 82 heavy (non-hydrogen) atoms. The minimum atomic E-state index is -3.56. The van der Waals surface area contributed by atoms with E-state index in [0.29, 0.717) is 32.1 Å². The number of hydrogen-bond donors (Lipinski definition) is 2. The summed E-state index contributed by atoms with van der Waals surface area (Å²) in [6.07, 6.45) is -0.800. The number of aliphatic hydroxyl groups excluding tert-OH is 1. The zero-order chi connectivity index (χ0) is 60.6. The number of hydrogen-bond acceptors (Lipinski definition) is 27. The van der Waals surface area contributed by atoms with Crippen LogP contribution in [0.15, 0.2) is 36.5 Å². The van der Waals surface area contributed by atoms with Gasteiger partial charge in [0, 0.05) is 46.3 Å². The predicted molar refractivity (Wildman–Crippen MR) is 273 cm³/mol. The van der Waals surface area contributed by atoms with Gasteiger partial charge >= 0.3 is 53.7 Å². The van der Waals surface area contributed by atoms with Crippen molar-refractivity contribution in [1.29, 1.82) is 0 Å². The maximum Gasteiger partial charge on any atom is 0.333 e. The molecular formula is C51H68O28S3. The van der Waals surface area contributed by atoms with Gasteiger partial charge in [-0.05, 0) is 65.2 Å². The molecular weight excluding hydrogens is 1160 g/mol. The van der Waals surface area contributed by atoms with E-state index in [2.05, 4.69) is 29.2 Å². The van der Waals surface area contributed by atoms with E-state index in [9.17, 15) is 73.5 Å². The third-order valence-corrected chi connectivity index (χ3v) is 20.5. The zero-order valence-electron chi connectivity index (χ0n) is 45.2. The molecule has 0 aromatic rings. The molecule has 6 bridgehead atoms. The standard InChI is InChI=1S/2C17H22O9S.C10H14O6.C7H10O4S/c2*1-9(2)17(20)24-6-5-23-13(18)3-4-14(19)25-15-10-7-11-12(8-10)27(21,22)26-16(11)15;1-7(2)10(14)16-6-5-15-9(13)4-3-8(11)12;8-6-3-1-4-5(2-3)12(9,10)11-7(4)6/h2*10-12,15-16H,1,3-8H2,2H3;1,3-6H2,2H3,(H,11,12);3-8H,1-2H2. The lowest BCUT2D eigenvalue weighted by Gasteiger charge is -2.24. The number of aliphatic carboxylic acids is 1. The lowest BCUT2D eigenvalue weighted by molar-refractivity contribution is -0.159. The summed E-state index contributed by atoms with van der Waals surface area (Å²) in [6.45, 7) is 14.1. The molecule has 0 amide bonds. The average Bonchev–Trinajstić information content (AvgIpc) is 2.22. The molecule has 28 nitrogen and oxygen atoms in total. The molecule has 9 aliphatic rings. The zero-order valence-corrected chi connectivity index (χ0v) is 47.7. The maximum absolute atomic E-state index is 12.0. The Morgan fingerprint density at radius 3 is 1.01 bits per heavy atom. The molecule has 0 aromatic heterocycles. The summed E-state index contributed by atoms with van der Waals surface area (Å²) in [5.74, 6) is -5.81. The molecule has 15 atom stereocenters. The van der Waals surface area contributed by atoms with Crippen molar-refractivity contribution in [1.82, 2.24) is 0 Å². The largest absolute Gasteiger partial charge is 0.481 e. The van der Waals surface area contributed by atoms with Gasteiger partial charge in [-0.15, -0.1) is 0 Å². The first-order valence-electron chi connectivity index (χ1n) is 26.4. The first kappa shape index (κ1) is 65.3. The highest BCUT2D eigenvalue weighted by Gasteiger charge is 2.67. The molecule has 2 N–H and O–H groups in total. The number of aliphatic hydroxyl groups is 1. The fourth-order valence-electron chi connectivity index (χ4n) is 11.5. The molecule has 0 aromatic carbocycles. The van der Waals surface area contributed by atoms with Crippen LogP contribution in [0.3, 0.4) is 0 Å². The third-order valence-electron chi connectivity index (χ3n) is 15.2. The van der Waals surface area contributed by atoms with Crippen molar-refractivity contribution in [2.45, 2.75) is 150 Å². The second kappa shape index (κ2) is 27.7. The fraction of sp³-hybridized carbons (Fsp3) is 0.706. The average molecular weight is 1230 g/mol. The van der Waals surface area contributed by atoms with Crippen molar-refractivity contribution in [3.8, 4) is 0 Å². The van der Waals surface area contributed by atoms with Gasteiger partial charge in [0.1, 0.15) is 70.2 Å². The highest BCUT2D eigenvalue weighted by molar-refractivity contribution is 7.88. The Hall–Kier alpha value is -5.86. The molecule has 9 rings (SSSR count). The fourth-order valence-corrected chi connectivity index (χ4v) is 17.1. The van der Waals surface area contributed by atoms with Crippen molar-refractivity contribution in [3.05, 3.63) is 36.5 Å². The summed E-state index contributed by atoms with van der Waals surface area (Å²) in [6, 6.07) is 0. The number of rotatable bonds is 23. The maximum atomic E-state index is 12.0. The van der Waals surface area contributed by atoms with Crippen LogP contribution in [0.4, 0.5) is 0 Å². The Kier molecular flexibility index (Phi) is 22.0. The van der Waals surface area contributed by atoms with E-state index >= 15 is 0 Å². The van der Waals surface area contributed by atoms with E-state index in [-0.39, 0.29) is 136 Å². The van der Waals surface area contributed by atoms with Crippen LogP contribution in [0, 0.1) is 35.5 Å². The Morgan fingerprint density at radius 2 is 0.695 bits per heavy atom. The van der Waals surface area contributed by atoms with E-state index in [1.165, 1.54) is 20.8 Å². The van der Waals surface area contributed by atoms with Crippen LogP contribution in [-0.2, 0) is 124 Å². The molecule has 458 valence electrons. The molecule has 0 radical (unpaired) electrons. The smallest absolute Gasteiger partial charge is 0.333 e. The first-order chi connectivity index (χ1) is 38.4. The Morgan fingerprint density at radius 1 is 0.415 bits per heavy atom. The van der Waals surface area contributed by atoms with Gasteiger partial charge in [0.25, 0.3) is 30.4 Å². The Labute approximate surface area is 473 Å². The van der Waals surface area contributed by atoms with E-state index in [0.717, 1.165) is 6.42 Å². The summed E-state index contributed by atoms with van der Waals surface area (Å²) in [5, 5.41) is 16.6. The minimum Gasteiger partial charge on any atom is -0.481 e. The molecule has 15 unspecified atom stereocenters. The van der Waals surface area contributed by atoms with Gasteiger partial charge in [-0.1, -0.05) is 19.7 Å². The van der Waals surface area contributed by atoms with Crippen molar-refractivity contribution in [2.24, 2.45) is 35.5 Å². The lowest BCUT2D eigenvalue weighted by Crippen LogP contribution is -2.37. The van der Waals surface area contributed by atoms with E-state index in [4.69, 9.17) is 46.1 Å². The molecule has 9 fully saturated rings. The minimum absolute atomic E-state index is 0.0128. The SMILES string of the molecule is C=C(C)C(=O)OCCOC(=O)CCC(=O)O.C=C(C)C(=O)OCCOC(=O)CCC(=O)OC1C2CC3C1OS(=O)(=O)C3C2.C=C(C)C(=O)OCCOC(=O)CCC(=O)OC1C2CC3C1OS(=O)(=O)C3C2.O=S1(=O)OC2C(O)C3CC2C1C3.